The monoisotopic (exact) mass is 878 g/mol. The molecule has 0 amide bonds. The molecule has 0 aliphatic heterocycles. The Morgan fingerprint density at radius 2 is 0.864 bits per heavy atom. The van der Waals surface area contributed by atoms with Crippen molar-refractivity contribution in [3.8, 4) is 34.5 Å². The molecule has 13 heteroatoms. The van der Waals surface area contributed by atoms with Crippen LogP contribution in [0.2, 0.25) is 0 Å². The zero-order chi connectivity index (χ0) is 42.2. The number of unbranched alkanes of at least 4 members (excludes halogenated alkanes) is 16. The minimum absolute atomic E-state index is 0. The standard InChI is InChI=1S/2C23H32O5S.Ca/c2*1-2-3-4-5-6-7-8-9-10-14-19-15-13-18-22(23(19)29(25,26)27)28-21-17-12-11-16-20(21)24;/h2*11-13,15-18,24H,2-10,14H2,1H3,(H,25,26,27);/q;;+2/p-2. The summed E-state index contributed by atoms with van der Waals surface area (Å²) in [6, 6.07) is 21.9. The van der Waals surface area contributed by atoms with Gasteiger partial charge in [0.05, 0.1) is 0 Å². The molecule has 0 radical (unpaired) electrons. The van der Waals surface area contributed by atoms with Crippen molar-refractivity contribution < 1.29 is 45.6 Å². The van der Waals surface area contributed by atoms with Crippen LogP contribution in [0, 0.1) is 0 Å². The molecule has 0 saturated carbocycles. The van der Waals surface area contributed by atoms with Crippen molar-refractivity contribution in [2.75, 3.05) is 0 Å². The van der Waals surface area contributed by atoms with E-state index in [1.807, 2.05) is 0 Å². The number of para-hydroxylation sites is 4. The Labute approximate surface area is 383 Å². The first kappa shape index (κ1) is 52.3. The Kier molecular flexibility index (Phi) is 25.4. The summed E-state index contributed by atoms with van der Waals surface area (Å²) in [4.78, 5) is -0.578. The van der Waals surface area contributed by atoms with E-state index in [0.29, 0.717) is 24.0 Å². The maximum absolute atomic E-state index is 12.0. The molecular weight excluding hydrogens is 817 g/mol. The van der Waals surface area contributed by atoms with Crippen molar-refractivity contribution >= 4 is 58.0 Å². The largest absolute Gasteiger partial charge is 2.00 e. The van der Waals surface area contributed by atoms with Crippen LogP contribution in [-0.2, 0) is 33.1 Å². The second-order valence-corrected chi connectivity index (χ2v) is 17.4. The molecule has 0 unspecified atom stereocenters. The van der Waals surface area contributed by atoms with E-state index in [-0.39, 0.29) is 82.0 Å². The zero-order valence-electron chi connectivity index (χ0n) is 34.9. The second-order valence-electron chi connectivity index (χ2n) is 14.7. The van der Waals surface area contributed by atoms with E-state index in [9.17, 15) is 36.2 Å². The zero-order valence-corrected chi connectivity index (χ0v) is 38.8. The third kappa shape index (κ3) is 19.6. The minimum atomic E-state index is -4.73. The number of aromatic hydroxyl groups is 1. The van der Waals surface area contributed by atoms with Crippen molar-refractivity contribution in [2.24, 2.45) is 0 Å². The maximum Gasteiger partial charge on any atom is 2.00 e. The van der Waals surface area contributed by atoms with E-state index in [2.05, 4.69) is 13.8 Å². The summed E-state index contributed by atoms with van der Waals surface area (Å²) in [5.74, 6) is -0.404. The Bertz CT molecular complexity index is 1870. The quantitative estimate of drug-likeness (QED) is 0.0351. The molecule has 4 aromatic carbocycles. The van der Waals surface area contributed by atoms with E-state index in [0.717, 1.165) is 38.5 Å². The van der Waals surface area contributed by atoms with E-state index in [1.165, 1.54) is 113 Å². The Morgan fingerprint density at radius 3 is 1.31 bits per heavy atom. The van der Waals surface area contributed by atoms with Crippen molar-refractivity contribution in [2.45, 2.75) is 152 Å². The molecule has 4 rings (SSSR count). The minimum Gasteiger partial charge on any atom is -0.870 e. The van der Waals surface area contributed by atoms with Crippen LogP contribution in [0.1, 0.15) is 141 Å². The molecule has 0 bridgehead atoms. The van der Waals surface area contributed by atoms with Crippen molar-refractivity contribution in [1.29, 1.82) is 0 Å². The van der Waals surface area contributed by atoms with Crippen LogP contribution in [0.3, 0.4) is 0 Å². The number of hydrogen-bond acceptors (Lipinski definition) is 9. The molecule has 0 fully saturated rings. The van der Waals surface area contributed by atoms with Gasteiger partial charge in [-0.25, -0.2) is 8.42 Å². The van der Waals surface area contributed by atoms with Gasteiger partial charge < -0.3 is 24.2 Å². The van der Waals surface area contributed by atoms with E-state index >= 15 is 0 Å². The van der Waals surface area contributed by atoms with Gasteiger partial charge in [-0.05, 0) is 67.1 Å². The molecule has 0 heterocycles. The van der Waals surface area contributed by atoms with Crippen LogP contribution in [-0.4, -0.2) is 68.8 Å². The van der Waals surface area contributed by atoms with Gasteiger partial charge in [0.25, 0.3) is 10.1 Å². The second kappa shape index (κ2) is 28.6. The smallest absolute Gasteiger partial charge is 0.870 e. The van der Waals surface area contributed by atoms with Crippen LogP contribution >= 0.6 is 0 Å². The summed E-state index contributed by atoms with van der Waals surface area (Å²) < 4.78 is 80.6. The number of aryl methyl sites for hydroxylation is 2. The number of hydrogen-bond donors (Lipinski definition) is 2. The van der Waals surface area contributed by atoms with Gasteiger partial charge in [0.15, 0.2) is 11.5 Å². The Morgan fingerprint density at radius 1 is 0.492 bits per heavy atom. The molecule has 0 aliphatic carbocycles. The van der Waals surface area contributed by atoms with Crippen LogP contribution in [0.4, 0.5) is 0 Å². The molecule has 0 atom stereocenters. The van der Waals surface area contributed by atoms with Gasteiger partial charge in [-0.15, -0.1) is 0 Å². The first-order valence-electron chi connectivity index (χ1n) is 20.9. The number of phenolic OH excluding ortho intramolecular Hbond substituents is 1. The predicted octanol–water partition coefficient (Wildman–Crippen LogP) is 11.7. The number of rotatable bonds is 26. The number of ether oxygens (including phenoxy) is 2. The first-order chi connectivity index (χ1) is 27.9. The molecule has 320 valence electrons. The fourth-order valence-electron chi connectivity index (χ4n) is 6.82. The Balaban J connectivity index is 0.000000400. The molecule has 59 heavy (non-hydrogen) atoms. The predicted molar refractivity (Wildman–Crippen MR) is 232 cm³/mol. The van der Waals surface area contributed by atoms with Crippen molar-refractivity contribution in [3.05, 3.63) is 96.1 Å². The topological polar surface area (TPSA) is 173 Å². The molecule has 4 aromatic rings. The molecule has 0 spiro atoms. The van der Waals surface area contributed by atoms with Crippen molar-refractivity contribution in [3.63, 3.8) is 0 Å². The number of benzene rings is 4. The van der Waals surface area contributed by atoms with Crippen LogP contribution in [0.5, 0.6) is 34.5 Å². The normalized spacial score (nSPS) is 11.3. The van der Waals surface area contributed by atoms with Crippen LogP contribution in [0.15, 0.2) is 94.7 Å². The first-order valence-corrected chi connectivity index (χ1v) is 23.8. The molecular formula is C46H62CaO10S2. The third-order valence-electron chi connectivity index (χ3n) is 9.88. The molecule has 0 aliphatic rings. The van der Waals surface area contributed by atoms with Crippen LogP contribution < -0.4 is 14.6 Å². The van der Waals surface area contributed by atoms with Gasteiger partial charge >= 0.3 is 37.7 Å². The van der Waals surface area contributed by atoms with Crippen molar-refractivity contribution in [1.82, 2.24) is 0 Å². The average molecular weight is 879 g/mol. The Hall–Kier alpha value is -2.84. The average Bonchev–Trinajstić information content (AvgIpc) is 3.18. The van der Waals surface area contributed by atoms with Gasteiger partial charge in [-0.1, -0.05) is 177 Å². The van der Waals surface area contributed by atoms with Gasteiger partial charge in [0.2, 0.25) is 0 Å². The maximum atomic E-state index is 12.0. The fourth-order valence-corrected chi connectivity index (χ4v) is 8.53. The summed E-state index contributed by atoms with van der Waals surface area (Å²) in [6.45, 7) is 4.42. The summed E-state index contributed by atoms with van der Waals surface area (Å²) in [5, 5.41) is 21.8. The third-order valence-corrected chi connectivity index (χ3v) is 11.8. The van der Waals surface area contributed by atoms with Gasteiger partial charge in [-0.2, -0.15) is 8.42 Å². The van der Waals surface area contributed by atoms with Gasteiger partial charge in [-0.3, -0.25) is 4.55 Å². The number of phenols is 1. The summed E-state index contributed by atoms with van der Waals surface area (Å²) >= 11 is 0. The molecule has 0 aromatic heterocycles. The fraction of sp³-hybridized carbons (Fsp3) is 0.478. The van der Waals surface area contributed by atoms with E-state index in [4.69, 9.17) is 9.47 Å². The summed E-state index contributed by atoms with van der Waals surface area (Å²) in [5.41, 5.74) is 0.979. The summed E-state index contributed by atoms with van der Waals surface area (Å²) in [7, 11) is -9.20. The molecule has 10 nitrogen and oxygen atoms in total. The van der Waals surface area contributed by atoms with Gasteiger partial charge in [0.1, 0.15) is 37.2 Å². The summed E-state index contributed by atoms with van der Waals surface area (Å²) in [6.07, 6.45) is 22.0. The SMILES string of the molecule is CCCCCCCCCCCc1cccc(Oc2ccccc2O)c1S(=O)(=O)O.CCCCCCCCCCCc1cccc(Oc2ccccc2[O-])c1S(=O)(=O)[O-].[Ca+2]. The van der Waals surface area contributed by atoms with Crippen LogP contribution in [0.25, 0.3) is 0 Å². The van der Waals surface area contributed by atoms with E-state index < -0.39 is 20.2 Å². The van der Waals surface area contributed by atoms with E-state index in [1.54, 1.807) is 48.5 Å². The molecule has 2 N–H and O–H groups in total. The van der Waals surface area contributed by atoms with Gasteiger partial charge in [0, 0.05) is 0 Å². The molecule has 0 saturated heterocycles.